The first-order valence-corrected chi connectivity index (χ1v) is 9.83. The maximum atomic E-state index is 6.19. The highest BCUT2D eigenvalue weighted by molar-refractivity contribution is 7.18. The van der Waals surface area contributed by atoms with Crippen molar-refractivity contribution in [3.63, 3.8) is 0 Å². The number of nitrogens with zero attached hydrogens (tertiary/aromatic N) is 3. The van der Waals surface area contributed by atoms with Gasteiger partial charge in [-0.15, -0.1) is 5.10 Å². The first kappa shape index (κ1) is 17.3. The van der Waals surface area contributed by atoms with Crippen LogP contribution in [0.4, 0.5) is 0 Å². The summed E-state index contributed by atoms with van der Waals surface area (Å²) in [5.41, 5.74) is 2.56. The van der Waals surface area contributed by atoms with Gasteiger partial charge in [0.05, 0.1) is 13.3 Å². The molecule has 0 spiro atoms. The summed E-state index contributed by atoms with van der Waals surface area (Å²) in [7, 11) is 3.30. The van der Waals surface area contributed by atoms with Crippen molar-refractivity contribution in [1.82, 2.24) is 14.6 Å². The van der Waals surface area contributed by atoms with Gasteiger partial charge in [0.2, 0.25) is 10.7 Å². The molecule has 4 aromatic rings. The van der Waals surface area contributed by atoms with Gasteiger partial charge in [-0.25, -0.2) is 9.50 Å². The summed E-state index contributed by atoms with van der Waals surface area (Å²) in [5.74, 6) is 2.05. The van der Waals surface area contributed by atoms with Gasteiger partial charge >= 0.3 is 0 Å². The molecule has 0 aliphatic carbocycles. The Kier molecular flexibility index (Phi) is 4.33. The van der Waals surface area contributed by atoms with Crippen LogP contribution in [0.3, 0.4) is 0 Å². The summed E-state index contributed by atoms with van der Waals surface area (Å²) in [6, 6.07) is 4.06. The molecule has 4 heterocycles. The van der Waals surface area contributed by atoms with Crippen LogP contribution in [0.25, 0.3) is 27.4 Å². The predicted octanol–water partition coefficient (Wildman–Crippen LogP) is 3.56. The lowest BCUT2D eigenvalue weighted by Crippen LogP contribution is -2.15. The minimum atomic E-state index is 0.505. The average Bonchev–Trinajstić information content (AvgIpc) is 3.40. The van der Waals surface area contributed by atoms with E-state index >= 15 is 0 Å². The number of aromatic nitrogens is 3. The van der Waals surface area contributed by atoms with E-state index in [0.29, 0.717) is 47.8 Å². The van der Waals surface area contributed by atoms with Crippen LogP contribution < -0.4 is 14.2 Å². The van der Waals surface area contributed by atoms with Crippen LogP contribution >= 0.6 is 11.3 Å². The second kappa shape index (κ2) is 6.99. The van der Waals surface area contributed by atoms with Crippen LogP contribution in [-0.2, 0) is 11.2 Å². The average molecular weight is 401 g/mol. The van der Waals surface area contributed by atoms with Crippen LogP contribution in [0.1, 0.15) is 12.0 Å². The normalized spacial score (nSPS) is 13.5. The monoisotopic (exact) mass is 401 g/mol. The van der Waals surface area contributed by atoms with Gasteiger partial charge < -0.3 is 23.4 Å². The van der Waals surface area contributed by atoms with Gasteiger partial charge in [-0.05, 0) is 41.9 Å². The van der Waals surface area contributed by atoms with E-state index in [1.807, 2.05) is 18.3 Å². The molecule has 0 fully saturated rings. The van der Waals surface area contributed by atoms with Crippen molar-refractivity contribution in [3.05, 3.63) is 23.9 Å². The van der Waals surface area contributed by atoms with Crippen molar-refractivity contribution >= 4 is 27.3 Å². The molecule has 28 heavy (non-hydrogen) atoms. The van der Waals surface area contributed by atoms with Gasteiger partial charge in [0.15, 0.2) is 17.1 Å². The van der Waals surface area contributed by atoms with E-state index in [4.69, 9.17) is 23.4 Å². The summed E-state index contributed by atoms with van der Waals surface area (Å²) in [4.78, 5) is 5.36. The van der Waals surface area contributed by atoms with Crippen molar-refractivity contribution in [2.45, 2.75) is 12.8 Å². The number of ether oxygens (including phenoxy) is 4. The Bertz CT molecular complexity index is 1110. The molecule has 3 aromatic heterocycles. The number of benzene rings is 1. The van der Waals surface area contributed by atoms with Gasteiger partial charge in [-0.3, -0.25) is 0 Å². The molecule has 5 rings (SSSR count). The van der Waals surface area contributed by atoms with E-state index in [2.05, 4.69) is 10.1 Å². The number of hydrogen-bond donors (Lipinski definition) is 0. The Labute approximate surface area is 164 Å². The van der Waals surface area contributed by atoms with Crippen LogP contribution in [0.2, 0.25) is 0 Å². The molecule has 0 atom stereocenters. The fourth-order valence-electron chi connectivity index (χ4n) is 3.37. The summed E-state index contributed by atoms with van der Waals surface area (Å²) in [5, 5.41) is 5.90. The highest BCUT2D eigenvalue weighted by atomic mass is 32.1. The second-order valence-electron chi connectivity index (χ2n) is 6.44. The zero-order valence-corrected chi connectivity index (χ0v) is 16.4. The molecule has 0 saturated carbocycles. The summed E-state index contributed by atoms with van der Waals surface area (Å²) in [6.07, 6.45) is 3.60. The van der Waals surface area contributed by atoms with E-state index in [1.54, 1.807) is 18.7 Å². The largest absolute Gasteiger partial charge is 0.486 e. The minimum Gasteiger partial charge on any atom is -0.486 e. The van der Waals surface area contributed by atoms with E-state index in [0.717, 1.165) is 34.5 Å². The quantitative estimate of drug-likeness (QED) is 0.457. The van der Waals surface area contributed by atoms with Crippen LogP contribution in [-0.4, -0.2) is 48.6 Å². The smallest absolute Gasteiger partial charge is 0.294 e. The molecular formula is C19H19N3O5S. The topological polar surface area (TPSA) is 80.3 Å². The van der Waals surface area contributed by atoms with Crippen LogP contribution in [0.15, 0.2) is 22.7 Å². The molecular weight excluding hydrogens is 382 g/mol. The summed E-state index contributed by atoms with van der Waals surface area (Å²) >= 11 is 1.38. The van der Waals surface area contributed by atoms with Gasteiger partial charge in [0.1, 0.15) is 18.9 Å². The van der Waals surface area contributed by atoms with E-state index in [9.17, 15) is 0 Å². The van der Waals surface area contributed by atoms with Crippen molar-refractivity contribution in [1.29, 1.82) is 0 Å². The van der Waals surface area contributed by atoms with E-state index < -0.39 is 0 Å². The first-order valence-electron chi connectivity index (χ1n) is 9.01. The molecule has 0 amide bonds. The molecule has 9 heteroatoms. The predicted molar refractivity (Wildman–Crippen MR) is 104 cm³/mol. The van der Waals surface area contributed by atoms with Gasteiger partial charge in [-0.1, -0.05) is 0 Å². The lowest BCUT2D eigenvalue weighted by Gasteiger charge is -2.19. The number of fused-ring (bicyclic) bond motifs is 4. The van der Waals surface area contributed by atoms with Crippen molar-refractivity contribution in [3.8, 4) is 28.1 Å². The Morgan fingerprint density at radius 3 is 2.93 bits per heavy atom. The third-order valence-electron chi connectivity index (χ3n) is 4.65. The maximum absolute atomic E-state index is 6.19. The SMILES string of the molecule is COCCCc1cc2c(c3oc(-c4cn5nc(OC)sc5n4)cc13)OCCO2. The number of rotatable bonds is 6. The van der Waals surface area contributed by atoms with Gasteiger partial charge in [0.25, 0.3) is 5.19 Å². The highest BCUT2D eigenvalue weighted by Crippen LogP contribution is 2.43. The Morgan fingerprint density at radius 2 is 2.11 bits per heavy atom. The number of aryl methyl sites for hydroxylation is 1. The summed E-state index contributed by atoms with van der Waals surface area (Å²) in [6.45, 7) is 1.74. The van der Waals surface area contributed by atoms with Gasteiger partial charge in [0, 0.05) is 19.1 Å². The third kappa shape index (κ3) is 2.87. The molecule has 146 valence electrons. The molecule has 8 nitrogen and oxygen atoms in total. The first-order chi connectivity index (χ1) is 13.8. The maximum Gasteiger partial charge on any atom is 0.294 e. The van der Waals surface area contributed by atoms with Crippen LogP contribution in [0, 0.1) is 0 Å². The number of methoxy groups -OCH3 is 2. The minimum absolute atomic E-state index is 0.505. The lowest BCUT2D eigenvalue weighted by molar-refractivity contribution is 0.172. The standard InChI is InChI=1S/C19H19N3O5S/c1-23-5-3-4-11-8-15-17(26-7-6-25-15)16-12(11)9-14(27-16)13-10-22-18(20-13)28-19(21-22)24-2/h8-10H,3-7H2,1-2H3. The highest BCUT2D eigenvalue weighted by Gasteiger charge is 2.23. The van der Waals surface area contributed by atoms with Crippen LogP contribution in [0.5, 0.6) is 16.7 Å². The van der Waals surface area contributed by atoms with Gasteiger partial charge in [-0.2, -0.15) is 0 Å². The molecule has 0 saturated heterocycles. The molecule has 0 N–H and O–H groups in total. The Hall–Kier alpha value is -2.78. The molecule has 1 aromatic carbocycles. The zero-order valence-electron chi connectivity index (χ0n) is 15.6. The molecule has 1 aliphatic heterocycles. The van der Waals surface area contributed by atoms with E-state index in [-0.39, 0.29) is 0 Å². The number of hydrogen-bond acceptors (Lipinski definition) is 8. The fraction of sp³-hybridized carbons (Fsp3) is 0.368. The zero-order chi connectivity index (χ0) is 19.1. The lowest BCUT2D eigenvalue weighted by atomic mass is 10.0. The van der Waals surface area contributed by atoms with E-state index in [1.165, 1.54) is 11.3 Å². The van der Waals surface area contributed by atoms with Crippen molar-refractivity contribution in [2.24, 2.45) is 0 Å². The molecule has 1 aliphatic rings. The second-order valence-corrected chi connectivity index (χ2v) is 7.35. The fourth-order valence-corrected chi connectivity index (χ4v) is 4.07. The Balaban J connectivity index is 1.60. The van der Waals surface area contributed by atoms with Crippen molar-refractivity contribution < 1.29 is 23.4 Å². The van der Waals surface area contributed by atoms with Crippen molar-refractivity contribution in [2.75, 3.05) is 34.0 Å². The molecule has 0 radical (unpaired) electrons. The number of furan rings is 1. The number of imidazole rings is 1. The molecule has 0 unspecified atom stereocenters. The Morgan fingerprint density at radius 1 is 1.21 bits per heavy atom. The molecule has 0 bridgehead atoms. The summed E-state index contributed by atoms with van der Waals surface area (Å²) < 4.78 is 29.9. The third-order valence-corrected chi connectivity index (χ3v) is 5.53.